The van der Waals surface area contributed by atoms with Crippen molar-refractivity contribution in [3.05, 3.63) is 236 Å². The predicted octanol–water partition coefficient (Wildman–Crippen LogP) is 14.8. The summed E-state index contributed by atoms with van der Waals surface area (Å²) >= 11 is 14.9. The molecule has 0 spiro atoms. The Morgan fingerprint density at radius 1 is 0.432 bits per heavy atom. The molecule has 7 nitrogen and oxygen atoms in total. The van der Waals surface area contributed by atoms with E-state index >= 15 is 0 Å². The van der Waals surface area contributed by atoms with E-state index in [4.69, 9.17) is 37.4 Å². The molecule has 0 radical (unpaired) electrons. The van der Waals surface area contributed by atoms with E-state index in [-0.39, 0.29) is 69.6 Å². The topological polar surface area (TPSA) is 40.2 Å². The van der Waals surface area contributed by atoms with Crippen molar-refractivity contribution in [3.8, 4) is 0 Å². The van der Waals surface area contributed by atoms with Crippen LogP contribution in [0.3, 0.4) is 0 Å². The van der Waals surface area contributed by atoms with Gasteiger partial charge in [0, 0.05) is 105 Å². The van der Waals surface area contributed by atoms with Crippen molar-refractivity contribution in [2.75, 3.05) is 75.6 Å². The number of anilines is 2. The molecule has 0 N–H and O–H groups in total. The molecule has 0 saturated carbocycles. The highest BCUT2D eigenvalue weighted by molar-refractivity contribution is 6.33. The molecule has 0 fully saturated rings. The molecule has 0 bridgehead atoms. The molecule has 4 heterocycles. The highest BCUT2D eigenvalue weighted by Crippen LogP contribution is 2.51. The van der Waals surface area contributed by atoms with Gasteiger partial charge in [-0.05, 0) is 158 Å². The van der Waals surface area contributed by atoms with Gasteiger partial charge in [0.15, 0.2) is 11.4 Å². The second-order valence-corrected chi connectivity index (χ2v) is 29.1. The number of rotatable bonds is 24. The van der Waals surface area contributed by atoms with Gasteiger partial charge in [-0.15, -0.1) is 0 Å². The molecule has 6 aromatic carbocycles. The van der Waals surface area contributed by atoms with E-state index in [2.05, 4.69) is 258 Å². The Bertz CT molecular complexity index is 3910. The Balaban J connectivity index is 0.00000492. The van der Waals surface area contributed by atoms with E-state index in [0.717, 1.165) is 100 Å². The third kappa shape index (κ3) is 14.4. The smallest absolute Gasteiger partial charge is 0.210 e. The monoisotopic (exact) mass is 1530 g/mol. The number of hydrogen-bond acceptors (Lipinski definition) is 5. The zero-order valence-corrected chi connectivity index (χ0v) is 63.7. The Morgan fingerprint density at radius 3 is 1.22 bits per heavy atom. The molecule has 0 atom stereocenters. The van der Waals surface area contributed by atoms with Crippen LogP contribution in [0, 0.1) is 0 Å². The molecule has 0 saturated heterocycles. The molecule has 2 aliphatic carbocycles. The zero-order valence-electron chi connectivity index (χ0n) is 57.8. The zero-order chi connectivity index (χ0) is 65.1. The van der Waals surface area contributed by atoms with Crippen molar-refractivity contribution in [1.29, 1.82) is 0 Å². The number of hydrogen-bond donors (Lipinski definition) is 0. The summed E-state index contributed by atoms with van der Waals surface area (Å²) in [5.41, 5.74) is 19.9. The normalized spacial score (nSPS) is 20.2. The van der Waals surface area contributed by atoms with E-state index in [1.807, 2.05) is 0 Å². The summed E-state index contributed by atoms with van der Waals surface area (Å²) in [6.45, 7) is 30.1. The fourth-order valence-electron chi connectivity index (χ4n) is 15.9. The van der Waals surface area contributed by atoms with Gasteiger partial charge in [-0.2, -0.15) is 9.15 Å². The molecule has 0 amide bonds. The summed E-state index contributed by atoms with van der Waals surface area (Å²) in [6, 6.07) is 44.6. The molecular formula is C84H98Cl2I2N4O3. The molecular weight excluding hydrogens is 1440 g/mol. The van der Waals surface area contributed by atoms with Crippen LogP contribution in [0.2, 0.25) is 0 Å². The maximum atomic E-state index is 7.45. The first-order valence-corrected chi connectivity index (χ1v) is 35.5. The number of para-hydroxylation sites is 2. The quantitative estimate of drug-likeness (QED) is 0.0343. The summed E-state index contributed by atoms with van der Waals surface area (Å²) < 4.78 is 23.8. The molecule has 0 aromatic heterocycles. The van der Waals surface area contributed by atoms with Gasteiger partial charge >= 0.3 is 0 Å². The van der Waals surface area contributed by atoms with Crippen LogP contribution >= 0.6 is 23.2 Å². The minimum atomic E-state index is -0.196. The van der Waals surface area contributed by atoms with Crippen molar-refractivity contribution in [3.63, 3.8) is 0 Å². The van der Waals surface area contributed by atoms with Crippen LogP contribution < -0.4 is 57.8 Å². The minimum absolute atomic E-state index is 0. The van der Waals surface area contributed by atoms with Crippen LogP contribution in [0.25, 0.3) is 21.5 Å². The number of unbranched alkanes of at least 4 members (excludes halogenated alkanes) is 2. The number of benzene rings is 6. The fraction of sp³-hybridized carbons (Fsp3) is 0.405. The van der Waals surface area contributed by atoms with Gasteiger partial charge in [-0.3, -0.25) is 0 Å². The van der Waals surface area contributed by atoms with Crippen LogP contribution in [0.4, 0.5) is 22.7 Å². The SMILES string of the molecule is CCCC[N+]1=C(/C=C/C2=C(Cl)C(=C/C=C3/N(CCOCCOCCOCCN4/C(=C/C=C5\CCCC(/C=C/C6=[N+](CCCC)c7ccc8ccccc8c7C6(C)C)=C5Cl)C(C)(C)c5ccccc54)c4ccccc4C3(C)C)/CCC2)C(C)(C)c2c1ccc1ccccc21.[I-].[I-]. The molecule has 4 aliphatic heterocycles. The largest absolute Gasteiger partial charge is 1.00 e. The van der Waals surface area contributed by atoms with Crippen LogP contribution in [-0.4, -0.2) is 86.4 Å². The van der Waals surface area contributed by atoms with E-state index in [1.54, 1.807) is 0 Å². The Labute approximate surface area is 611 Å². The van der Waals surface area contributed by atoms with Crippen molar-refractivity contribution in [2.24, 2.45) is 0 Å². The van der Waals surface area contributed by atoms with Crippen LogP contribution in [0.15, 0.2) is 214 Å². The lowest BCUT2D eigenvalue weighted by Gasteiger charge is -2.27. The predicted molar refractivity (Wildman–Crippen MR) is 394 cm³/mol. The lowest BCUT2D eigenvalue weighted by molar-refractivity contribution is -0.438. The summed E-state index contributed by atoms with van der Waals surface area (Å²) in [6.07, 6.45) is 29.2. The molecule has 0 unspecified atom stereocenters. The Morgan fingerprint density at radius 2 is 0.811 bits per heavy atom. The number of halogens is 4. The molecule has 95 heavy (non-hydrogen) atoms. The van der Waals surface area contributed by atoms with Gasteiger partial charge in [-0.1, -0.05) is 187 Å². The van der Waals surface area contributed by atoms with Crippen molar-refractivity contribution < 1.29 is 71.3 Å². The van der Waals surface area contributed by atoms with Gasteiger partial charge in [0.05, 0.1) is 50.5 Å². The van der Waals surface area contributed by atoms with E-state index in [9.17, 15) is 0 Å². The summed E-state index contributed by atoms with van der Waals surface area (Å²) in [5.74, 6) is 0. The highest BCUT2D eigenvalue weighted by atomic mass is 127. The maximum Gasteiger partial charge on any atom is 0.210 e. The molecule has 6 aromatic rings. The lowest BCUT2D eigenvalue weighted by atomic mass is 9.78. The van der Waals surface area contributed by atoms with Crippen LogP contribution in [-0.2, 0) is 35.9 Å². The summed E-state index contributed by atoms with van der Waals surface area (Å²) in [4.78, 5) is 4.89. The Kier molecular flexibility index (Phi) is 23.8. The lowest BCUT2D eigenvalue weighted by Crippen LogP contribution is -3.00. The highest BCUT2D eigenvalue weighted by Gasteiger charge is 2.47. The van der Waals surface area contributed by atoms with E-state index in [0.29, 0.717) is 39.6 Å². The average Bonchev–Trinajstić information content (AvgIpc) is 1.60. The second kappa shape index (κ2) is 31.2. The standard InChI is InChI=1S/C84H98Cl2N4O3.2HI/c1-11-13-49-87-71-43-37-59-25-15-17-31-65(59)77(71)83(7,8)75(87)47-41-63-29-23-27-61(79(63)85)39-45-73-81(3,4)67-33-19-21-35-69(67)89(73)51-53-91-55-57-93-58-56-92-54-52-90-70-36-22-20-34-68(70)82(5,6)74(90)46-40-62-28-24-30-64(80(62)86)42-48-76-84(9,10)78-66-32-18-16-26-60(66)38-44-72(78)88(76)50-14-12-2;;/h15-22,25-26,31-48H,11-14,23-24,27-30,49-58H2,1-10H3;2*1H/q+2;;/p-2. The average molecular weight is 1540 g/mol. The molecule has 12 rings (SSSR count). The first-order chi connectivity index (χ1) is 45.0. The van der Waals surface area contributed by atoms with Crippen LogP contribution in [0.1, 0.15) is 156 Å². The van der Waals surface area contributed by atoms with Crippen LogP contribution in [0.5, 0.6) is 0 Å². The second-order valence-electron chi connectivity index (χ2n) is 28.4. The fourth-order valence-corrected chi connectivity index (χ4v) is 16.6. The third-order valence-corrected chi connectivity index (χ3v) is 21.9. The van der Waals surface area contributed by atoms with E-state index < -0.39 is 0 Å². The first-order valence-electron chi connectivity index (χ1n) is 34.8. The van der Waals surface area contributed by atoms with Gasteiger partial charge in [0.2, 0.25) is 11.4 Å². The summed E-state index contributed by atoms with van der Waals surface area (Å²) in [7, 11) is 0. The maximum absolute atomic E-state index is 7.45. The van der Waals surface area contributed by atoms with Gasteiger partial charge in [0.1, 0.15) is 13.1 Å². The Hall–Kier alpha value is -5.38. The van der Waals surface area contributed by atoms with Gasteiger partial charge < -0.3 is 72.0 Å². The van der Waals surface area contributed by atoms with Gasteiger partial charge in [-0.25, -0.2) is 0 Å². The first kappa shape index (κ1) is 72.4. The van der Waals surface area contributed by atoms with E-state index in [1.165, 1.54) is 112 Å². The molecule has 6 aliphatic rings. The summed E-state index contributed by atoms with van der Waals surface area (Å²) in [5, 5.41) is 7.04. The van der Waals surface area contributed by atoms with Gasteiger partial charge in [0.25, 0.3) is 0 Å². The molecule has 500 valence electrons. The number of nitrogens with zero attached hydrogens (tertiary/aromatic N) is 4. The van der Waals surface area contributed by atoms with Crippen molar-refractivity contribution in [1.82, 2.24) is 0 Å². The third-order valence-electron chi connectivity index (χ3n) is 20.9. The number of fused-ring (bicyclic) bond motifs is 8. The number of ether oxygens (including phenoxy) is 3. The number of allylic oxidation sites excluding steroid dienone is 16. The van der Waals surface area contributed by atoms with Crippen molar-refractivity contribution in [2.45, 2.75) is 155 Å². The van der Waals surface area contributed by atoms with Crippen molar-refractivity contribution >= 4 is 78.9 Å². The molecule has 11 heteroatoms. The minimum Gasteiger partial charge on any atom is -1.00 e.